The van der Waals surface area contributed by atoms with Crippen molar-refractivity contribution in [3.05, 3.63) is 76.5 Å². The van der Waals surface area contributed by atoms with E-state index in [0.29, 0.717) is 36.7 Å². The summed E-state index contributed by atoms with van der Waals surface area (Å²) in [5.41, 5.74) is 0.885. The van der Waals surface area contributed by atoms with Gasteiger partial charge in [0.15, 0.2) is 5.76 Å². The normalized spacial score (nSPS) is 14.9. The molecule has 0 bridgehead atoms. The first-order chi connectivity index (χ1) is 14.1. The molecule has 3 aromatic rings. The van der Waals surface area contributed by atoms with E-state index >= 15 is 0 Å². The monoisotopic (exact) mass is 395 g/mol. The molecule has 0 N–H and O–H groups in total. The fourth-order valence-electron chi connectivity index (χ4n) is 3.66. The number of aromatic nitrogens is 2. The van der Waals surface area contributed by atoms with Gasteiger partial charge in [-0.3, -0.25) is 9.59 Å². The molecule has 0 unspecified atom stereocenters. The zero-order chi connectivity index (χ0) is 20.2. The van der Waals surface area contributed by atoms with Gasteiger partial charge in [-0.15, -0.1) is 0 Å². The van der Waals surface area contributed by atoms with Gasteiger partial charge in [0.1, 0.15) is 11.5 Å². The summed E-state index contributed by atoms with van der Waals surface area (Å²) in [6, 6.07) is 13.1. The highest BCUT2D eigenvalue weighted by Crippen LogP contribution is 2.21. The lowest BCUT2D eigenvalue weighted by atomic mass is 9.96. The Bertz CT molecular complexity index is 1040. The Morgan fingerprint density at radius 2 is 1.90 bits per heavy atom. The predicted octanol–water partition coefficient (Wildman–Crippen LogP) is 3.12. The molecule has 1 aliphatic heterocycles. The SMILES string of the molecule is O=C(Cc1ccccc1F)N1CCC(Cn2nc(-c3ccco3)ccc2=O)CC1. The number of likely N-dealkylation sites (tertiary alicyclic amines) is 1. The van der Waals surface area contributed by atoms with Gasteiger partial charge in [-0.25, -0.2) is 9.07 Å². The topological polar surface area (TPSA) is 68.3 Å². The van der Waals surface area contributed by atoms with Gasteiger partial charge in [0, 0.05) is 25.7 Å². The van der Waals surface area contributed by atoms with E-state index in [0.717, 1.165) is 12.8 Å². The van der Waals surface area contributed by atoms with Gasteiger partial charge in [0.05, 0.1) is 12.7 Å². The number of halogens is 1. The standard InChI is InChI=1S/C22H22FN3O3/c23-18-5-2-1-4-17(18)14-22(28)25-11-9-16(10-12-25)15-26-21(27)8-7-19(24-26)20-6-3-13-29-20/h1-8,13,16H,9-12,14-15H2. The van der Waals surface area contributed by atoms with Crippen molar-refractivity contribution < 1.29 is 13.6 Å². The van der Waals surface area contributed by atoms with Crippen molar-refractivity contribution in [2.45, 2.75) is 25.8 Å². The molecule has 1 aliphatic rings. The van der Waals surface area contributed by atoms with E-state index in [1.165, 1.54) is 16.8 Å². The molecule has 0 spiro atoms. The average Bonchev–Trinajstić information content (AvgIpc) is 3.27. The maximum absolute atomic E-state index is 13.8. The molecule has 1 fully saturated rings. The van der Waals surface area contributed by atoms with Crippen molar-refractivity contribution in [3.63, 3.8) is 0 Å². The number of piperidine rings is 1. The fourth-order valence-corrected chi connectivity index (χ4v) is 3.66. The zero-order valence-corrected chi connectivity index (χ0v) is 16.0. The molecule has 29 heavy (non-hydrogen) atoms. The molecular formula is C22H22FN3O3. The molecule has 150 valence electrons. The van der Waals surface area contributed by atoms with E-state index in [1.54, 1.807) is 47.6 Å². The molecule has 1 aromatic carbocycles. The minimum absolute atomic E-state index is 0.0661. The highest BCUT2D eigenvalue weighted by Gasteiger charge is 2.24. The summed E-state index contributed by atoms with van der Waals surface area (Å²) in [6.07, 6.45) is 3.20. The van der Waals surface area contributed by atoms with Gasteiger partial charge in [0.2, 0.25) is 5.91 Å². The molecule has 0 aliphatic carbocycles. The van der Waals surface area contributed by atoms with Crippen LogP contribution in [-0.4, -0.2) is 33.7 Å². The molecule has 4 rings (SSSR count). The van der Waals surface area contributed by atoms with Gasteiger partial charge < -0.3 is 9.32 Å². The van der Waals surface area contributed by atoms with Gasteiger partial charge in [-0.1, -0.05) is 18.2 Å². The number of benzene rings is 1. The number of hydrogen-bond donors (Lipinski definition) is 0. The van der Waals surface area contributed by atoms with Crippen LogP contribution in [0.4, 0.5) is 4.39 Å². The number of carbonyl (C=O) groups excluding carboxylic acids is 1. The van der Waals surface area contributed by atoms with Crippen LogP contribution in [0.1, 0.15) is 18.4 Å². The molecule has 0 atom stereocenters. The molecule has 3 heterocycles. The number of rotatable bonds is 5. The number of hydrogen-bond acceptors (Lipinski definition) is 4. The minimum Gasteiger partial charge on any atom is -0.463 e. The average molecular weight is 395 g/mol. The fraction of sp³-hybridized carbons (Fsp3) is 0.318. The lowest BCUT2D eigenvalue weighted by Gasteiger charge is -2.32. The third kappa shape index (κ3) is 4.45. The van der Waals surface area contributed by atoms with E-state index in [1.807, 2.05) is 0 Å². The first kappa shape index (κ1) is 19.1. The second-order valence-corrected chi connectivity index (χ2v) is 7.31. The Labute approximate surface area is 167 Å². The summed E-state index contributed by atoms with van der Waals surface area (Å²) in [7, 11) is 0. The van der Waals surface area contributed by atoms with Crippen molar-refractivity contribution >= 4 is 5.91 Å². The van der Waals surface area contributed by atoms with Gasteiger partial charge >= 0.3 is 0 Å². The van der Waals surface area contributed by atoms with Crippen molar-refractivity contribution in [3.8, 4) is 11.5 Å². The third-order valence-corrected chi connectivity index (χ3v) is 5.34. The van der Waals surface area contributed by atoms with Crippen LogP contribution in [0.5, 0.6) is 0 Å². The summed E-state index contributed by atoms with van der Waals surface area (Å²) >= 11 is 0. The van der Waals surface area contributed by atoms with Crippen LogP contribution in [-0.2, 0) is 17.8 Å². The smallest absolute Gasteiger partial charge is 0.266 e. The van der Waals surface area contributed by atoms with E-state index in [-0.39, 0.29) is 29.6 Å². The van der Waals surface area contributed by atoms with Gasteiger partial charge in [-0.2, -0.15) is 5.10 Å². The van der Waals surface area contributed by atoms with Crippen LogP contribution in [0.15, 0.2) is 64.0 Å². The molecular weight excluding hydrogens is 373 g/mol. The van der Waals surface area contributed by atoms with Crippen LogP contribution >= 0.6 is 0 Å². The molecule has 1 amide bonds. The van der Waals surface area contributed by atoms with Gasteiger partial charge in [-0.05, 0) is 48.6 Å². The zero-order valence-electron chi connectivity index (χ0n) is 16.0. The molecule has 0 radical (unpaired) electrons. The van der Waals surface area contributed by atoms with Crippen LogP contribution in [0.2, 0.25) is 0 Å². The Hall–Kier alpha value is -3.22. The largest absolute Gasteiger partial charge is 0.463 e. The molecule has 1 saturated heterocycles. The summed E-state index contributed by atoms with van der Waals surface area (Å²) in [5.74, 6) is 0.457. The van der Waals surface area contributed by atoms with E-state index in [9.17, 15) is 14.0 Å². The third-order valence-electron chi connectivity index (χ3n) is 5.34. The van der Waals surface area contributed by atoms with Crippen molar-refractivity contribution in [2.75, 3.05) is 13.1 Å². The van der Waals surface area contributed by atoms with Crippen molar-refractivity contribution in [2.24, 2.45) is 5.92 Å². The highest BCUT2D eigenvalue weighted by molar-refractivity contribution is 5.78. The maximum Gasteiger partial charge on any atom is 0.266 e. The second-order valence-electron chi connectivity index (χ2n) is 7.31. The first-order valence-corrected chi connectivity index (χ1v) is 9.73. The lowest BCUT2D eigenvalue weighted by Crippen LogP contribution is -2.41. The molecule has 7 heteroatoms. The van der Waals surface area contributed by atoms with Crippen LogP contribution in [0.25, 0.3) is 11.5 Å². The quantitative estimate of drug-likeness (QED) is 0.666. The van der Waals surface area contributed by atoms with E-state index in [4.69, 9.17) is 4.42 Å². The summed E-state index contributed by atoms with van der Waals surface area (Å²) < 4.78 is 20.6. The molecule has 6 nitrogen and oxygen atoms in total. The summed E-state index contributed by atoms with van der Waals surface area (Å²) in [5, 5.41) is 4.42. The lowest BCUT2D eigenvalue weighted by molar-refractivity contribution is -0.132. The van der Waals surface area contributed by atoms with Crippen LogP contribution in [0.3, 0.4) is 0 Å². The summed E-state index contributed by atoms with van der Waals surface area (Å²) in [6.45, 7) is 1.71. The highest BCUT2D eigenvalue weighted by atomic mass is 19.1. The van der Waals surface area contributed by atoms with Crippen molar-refractivity contribution in [1.82, 2.24) is 14.7 Å². The number of carbonyl (C=O) groups is 1. The molecule has 0 saturated carbocycles. The number of furan rings is 1. The number of nitrogens with zero attached hydrogens (tertiary/aromatic N) is 3. The molecule has 2 aromatic heterocycles. The number of amides is 1. The Balaban J connectivity index is 1.36. The summed E-state index contributed by atoms with van der Waals surface area (Å²) in [4.78, 5) is 26.5. The second kappa shape index (κ2) is 8.43. The van der Waals surface area contributed by atoms with Gasteiger partial charge in [0.25, 0.3) is 5.56 Å². The Morgan fingerprint density at radius 3 is 2.62 bits per heavy atom. The minimum atomic E-state index is -0.349. The van der Waals surface area contributed by atoms with Crippen molar-refractivity contribution in [1.29, 1.82) is 0 Å². The maximum atomic E-state index is 13.8. The predicted molar refractivity (Wildman–Crippen MR) is 106 cm³/mol. The van der Waals surface area contributed by atoms with E-state index in [2.05, 4.69) is 5.10 Å². The van der Waals surface area contributed by atoms with Crippen LogP contribution < -0.4 is 5.56 Å². The van der Waals surface area contributed by atoms with E-state index < -0.39 is 0 Å². The van der Waals surface area contributed by atoms with Crippen LogP contribution in [0, 0.1) is 11.7 Å². The first-order valence-electron chi connectivity index (χ1n) is 9.73. The Morgan fingerprint density at radius 1 is 1.10 bits per heavy atom. The Kier molecular flexibility index (Phi) is 5.55.